The van der Waals surface area contributed by atoms with Crippen molar-refractivity contribution >= 4 is 23.3 Å². The third kappa shape index (κ3) is 5.29. The van der Waals surface area contributed by atoms with E-state index in [9.17, 15) is 19.7 Å². The molecule has 1 amide bonds. The van der Waals surface area contributed by atoms with Gasteiger partial charge in [-0.05, 0) is 37.8 Å². The van der Waals surface area contributed by atoms with Gasteiger partial charge in [0.15, 0.2) is 6.10 Å². The largest absolute Gasteiger partial charge is 0.449 e. The zero-order valence-electron chi connectivity index (χ0n) is 15.6. The molecule has 2 rings (SSSR count). The minimum atomic E-state index is -1.01. The topological polar surface area (TPSA) is 102 Å². The van der Waals surface area contributed by atoms with Gasteiger partial charge in [-0.3, -0.25) is 14.9 Å². The van der Waals surface area contributed by atoms with Crippen molar-refractivity contribution in [3.05, 3.63) is 46.5 Å². The third-order valence-corrected chi connectivity index (χ3v) is 4.61. The Morgan fingerprint density at radius 2 is 2.11 bits per heavy atom. The van der Waals surface area contributed by atoms with Gasteiger partial charge in [-0.2, -0.15) is 0 Å². The lowest BCUT2D eigenvalue weighted by atomic mass is 9.98. The van der Waals surface area contributed by atoms with Crippen LogP contribution in [0.25, 0.3) is 0 Å². The standard InChI is InChI=1S/C19H25N3O5/c1-4-9-20-18(23)14(3)27-19(24)15-5-6-16(17(12-15)22(25)26)21-10-7-13(2)8-11-21/h4-6,12-14H,1,7-11H2,2-3H3,(H,20,23)/t14-/m0/s1. The van der Waals surface area contributed by atoms with Gasteiger partial charge in [0.2, 0.25) is 0 Å². The van der Waals surface area contributed by atoms with Gasteiger partial charge in [0.05, 0.1) is 10.5 Å². The number of benzene rings is 1. The Kier molecular flexibility index (Phi) is 6.92. The maximum absolute atomic E-state index is 12.3. The quantitative estimate of drug-likeness (QED) is 0.340. The van der Waals surface area contributed by atoms with Gasteiger partial charge < -0.3 is 15.0 Å². The fourth-order valence-corrected chi connectivity index (χ4v) is 2.91. The molecule has 0 unspecified atom stereocenters. The van der Waals surface area contributed by atoms with Gasteiger partial charge in [-0.1, -0.05) is 13.0 Å². The van der Waals surface area contributed by atoms with Crippen LogP contribution in [-0.2, 0) is 9.53 Å². The SMILES string of the molecule is C=CCNC(=O)[C@H](C)OC(=O)c1ccc(N2CCC(C)CC2)c([N+](=O)[O-])c1. The molecule has 0 aromatic heterocycles. The van der Waals surface area contributed by atoms with E-state index in [1.807, 2.05) is 4.90 Å². The van der Waals surface area contributed by atoms with Gasteiger partial charge in [0, 0.05) is 25.7 Å². The number of hydrogen-bond acceptors (Lipinski definition) is 6. The van der Waals surface area contributed by atoms with Crippen LogP contribution in [0.4, 0.5) is 11.4 Å². The minimum Gasteiger partial charge on any atom is -0.449 e. The molecule has 1 aliphatic rings. The van der Waals surface area contributed by atoms with E-state index in [0.717, 1.165) is 25.9 Å². The van der Waals surface area contributed by atoms with Crippen LogP contribution in [0.2, 0.25) is 0 Å². The molecule has 146 valence electrons. The summed E-state index contributed by atoms with van der Waals surface area (Å²) in [6, 6.07) is 4.29. The number of rotatable bonds is 7. The number of nitro groups is 1. The number of ether oxygens (including phenoxy) is 1. The summed E-state index contributed by atoms with van der Waals surface area (Å²) < 4.78 is 5.11. The Balaban J connectivity index is 2.14. The first-order chi connectivity index (χ1) is 12.8. The first-order valence-corrected chi connectivity index (χ1v) is 8.96. The van der Waals surface area contributed by atoms with Crippen LogP contribution in [0.5, 0.6) is 0 Å². The van der Waals surface area contributed by atoms with Crippen molar-refractivity contribution in [3.63, 3.8) is 0 Å². The van der Waals surface area contributed by atoms with Crippen LogP contribution >= 0.6 is 0 Å². The fourth-order valence-electron chi connectivity index (χ4n) is 2.91. The predicted octanol–water partition coefficient (Wildman–Crippen LogP) is 2.68. The van der Waals surface area contributed by atoms with Crippen LogP contribution in [0.1, 0.15) is 37.0 Å². The second-order valence-corrected chi connectivity index (χ2v) is 6.71. The zero-order valence-corrected chi connectivity index (χ0v) is 15.6. The van der Waals surface area contributed by atoms with Gasteiger partial charge in [0.1, 0.15) is 5.69 Å². The monoisotopic (exact) mass is 375 g/mol. The van der Waals surface area contributed by atoms with Crippen LogP contribution in [0.3, 0.4) is 0 Å². The number of nitrogens with zero attached hydrogens (tertiary/aromatic N) is 2. The summed E-state index contributed by atoms with van der Waals surface area (Å²) in [6.45, 7) is 8.83. The lowest BCUT2D eigenvalue weighted by Gasteiger charge is -2.31. The van der Waals surface area contributed by atoms with Crippen LogP contribution in [-0.4, -0.2) is 42.5 Å². The normalized spacial score (nSPS) is 15.7. The van der Waals surface area contributed by atoms with E-state index in [0.29, 0.717) is 11.6 Å². The second kappa shape index (κ2) is 9.16. The first-order valence-electron chi connectivity index (χ1n) is 8.96. The Morgan fingerprint density at radius 1 is 1.44 bits per heavy atom. The van der Waals surface area contributed by atoms with E-state index in [4.69, 9.17) is 4.74 Å². The summed E-state index contributed by atoms with van der Waals surface area (Å²) in [5.41, 5.74) is 0.405. The van der Waals surface area contributed by atoms with E-state index in [1.165, 1.54) is 25.1 Å². The van der Waals surface area contributed by atoms with E-state index in [-0.39, 0.29) is 17.8 Å². The first kappa shape index (κ1) is 20.4. The predicted molar refractivity (Wildman–Crippen MR) is 102 cm³/mol. The summed E-state index contributed by atoms with van der Waals surface area (Å²) in [7, 11) is 0. The number of nitro benzene ring substituents is 1. The number of carbonyl (C=O) groups excluding carboxylic acids is 2. The second-order valence-electron chi connectivity index (χ2n) is 6.71. The Bertz CT molecular complexity index is 726. The van der Waals surface area contributed by atoms with Crippen molar-refractivity contribution in [2.24, 2.45) is 5.92 Å². The average Bonchev–Trinajstić information content (AvgIpc) is 2.66. The molecule has 1 saturated heterocycles. The molecule has 0 bridgehead atoms. The molecule has 8 heteroatoms. The molecule has 1 atom stereocenters. The Labute approximate surface area is 158 Å². The highest BCUT2D eigenvalue weighted by molar-refractivity contribution is 5.93. The number of piperidine rings is 1. The maximum Gasteiger partial charge on any atom is 0.339 e. The molecule has 0 aliphatic carbocycles. The smallest absolute Gasteiger partial charge is 0.339 e. The number of amides is 1. The molecule has 0 radical (unpaired) electrons. The number of anilines is 1. The van der Waals surface area contributed by atoms with Crippen molar-refractivity contribution in [2.45, 2.75) is 32.8 Å². The van der Waals surface area contributed by atoms with E-state index in [2.05, 4.69) is 18.8 Å². The highest BCUT2D eigenvalue weighted by Gasteiger charge is 2.26. The Morgan fingerprint density at radius 3 is 2.70 bits per heavy atom. The molecule has 8 nitrogen and oxygen atoms in total. The highest BCUT2D eigenvalue weighted by atomic mass is 16.6. The van der Waals surface area contributed by atoms with Crippen LogP contribution in [0, 0.1) is 16.0 Å². The van der Waals surface area contributed by atoms with Gasteiger partial charge in [-0.15, -0.1) is 6.58 Å². The molecule has 1 aromatic carbocycles. The molecule has 1 fully saturated rings. The van der Waals surface area contributed by atoms with Crippen LogP contribution in [0.15, 0.2) is 30.9 Å². The summed E-state index contributed by atoms with van der Waals surface area (Å²) in [5, 5.41) is 14.0. The third-order valence-electron chi connectivity index (χ3n) is 4.61. The summed E-state index contributed by atoms with van der Waals surface area (Å²) in [4.78, 5) is 37.0. The Hall–Kier alpha value is -2.90. The van der Waals surface area contributed by atoms with E-state index in [1.54, 1.807) is 6.07 Å². The number of carbonyl (C=O) groups is 2. The van der Waals surface area contributed by atoms with E-state index >= 15 is 0 Å². The van der Waals surface area contributed by atoms with Crippen molar-refractivity contribution < 1.29 is 19.2 Å². The lowest BCUT2D eigenvalue weighted by Crippen LogP contribution is -2.36. The van der Waals surface area contributed by atoms with Crippen molar-refractivity contribution in [3.8, 4) is 0 Å². The molecule has 0 saturated carbocycles. The highest BCUT2D eigenvalue weighted by Crippen LogP contribution is 2.32. The van der Waals surface area contributed by atoms with E-state index < -0.39 is 22.9 Å². The maximum atomic E-state index is 12.3. The van der Waals surface area contributed by atoms with Crippen LogP contribution < -0.4 is 10.2 Å². The number of hydrogen-bond donors (Lipinski definition) is 1. The summed E-state index contributed by atoms with van der Waals surface area (Å²) >= 11 is 0. The molecular weight excluding hydrogens is 350 g/mol. The van der Waals surface area contributed by atoms with Crippen molar-refractivity contribution in [1.82, 2.24) is 5.32 Å². The zero-order chi connectivity index (χ0) is 20.0. The molecule has 0 spiro atoms. The average molecular weight is 375 g/mol. The number of nitrogens with one attached hydrogen (secondary N) is 1. The molecule has 1 heterocycles. The lowest BCUT2D eigenvalue weighted by molar-refractivity contribution is -0.384. The molecular formula is C19H25N3O5. The van der Waals surface area contributed by atoms with Gasteiger partial charge in [0.25, 0.3) is 11.6 Å². The van der Waals surface area contributed by atoms with Crippen molar-refractivity contribution in [2.75, 3.05) is 24.5 Å². The molecule has 27 heavy (non-hydrogen) atoms. The minimum absolute atomic E-state index is 0.0409. The summed E-state index contributed by atoms with van der Waals surface area (Å²) in [5.74, 6) is -0.641. The number of esters is 1. The van der Waals surface area contributed by atoms with Gasteiger partial charge >= 0.3 is 5.97 Å². The molecule has 1 N–H and O–H groups in total. The molecule has 1 aliphatic heterocycles. The fraction of sp³-hybridized carbons (Fsp3) is 0.474. The van der Waals surface area contributed by atoms with Crippen molar-refractivity contribution in [1.29, 1.82) is 0 Å². The summed E-state index contributed by atoms with van der Waals surface area (Å²) in [6.07, 6.45) is 2.44. The van der Waals surface area contributed by atoms with Gasteiger partial charge in [-0.25, -0.2) is 4.79 Å². The molecule has 1 aromatic rings.